The molecule has 0 aliphatic heterocycles. The van der Waals surface area contributed by atoms with Crippen LogP contribution in [-0.2, 0) is 0 Å². The Labute approximate surface area is 118 Å². The maximum Gasteiger partial charge on any atom is 0.271 e. The summed E-state index contributed by atoms with van der Waals surface area (Å²) in [6, 6.07) is 8.04. The van der Waals surface area contributed by atoms with Gasteiger partial charge in [0.1, 0.15) is 11.5 Å². The summed E-state index contributed by atoms with van der Waals surface area (Å²) in [6.07, 6.45) is 3.02. The van der Waals surface area contributed by atoms with Crippen molar-refractivity contribution in [3.05, 3.63) is 47.9 Å². The number of carbonyl (C=O) groups is 1. The highest BCUT2D eigenvalue weighted by Gasteiger charge is 2.08. The molecule has 0 aliphatic carbocycles. The number of nitrogens with zero attached hydrogens (tertiary/aromatic N) is 2. The van der Waals surface area contributed by atoms with Gasteiger partial charge in [-0.15, -0.1) is 0 Å². The van der Waals surface area contributed by atoms with E-state index in [1.54, 1.807) is 6.20 Å². The zero-order chi connectivity index (χ0) is 14.5. The molecule has 0 saturated heterocycles. The molecule has 2 aromatic rings. The van der Waals surface area contributed by atoms with Gasteiger partial charge in [-0.25, -0.2) is 9.97 Å². The van der Waals surface area contributed by atoms with Crippen molar-refractivity contribution in [1.82, 2.24) is 15.3 Å². The van der Waals surface area contributed by atoms with Gasteiger partial charge in [0.15, 0.2) is 0 Å². The molecule has 0 radical (unpaired) electrons. The van der Waals surface area contributed by atoms with Gasteiger partial charge in [-0.05, 0) is 38.5 Å². The Morgan fingerprint density at radius 2 is 2.00 bits per heavy atom. The number of benzene rings is 1. The van der Waals surface area contributed by atoms with Crippen LogP contribution in [0.25, 0.3) is 0 Å². The molecule has 1 aromatic heterocycles. The second-order valence-electron chi connectivity index (χ2n) is 4.91. The van der Waals surface area contributed by atoms with Crippen molar-refractivity contribution in [2.45, 2.75) is 26.8 Å². The summed E-state index contributed by atoms with van der Waals surface area (Å²) in [4.78, 5) is 20.0. The first-order valence-electron chi connectivity index (χ1n) is 6.51. The Hall–Kier alpha value is -2.43. The summed E-state index contributed by atoms with van der Waals surface area (Å²) < 4.78 is 0. The fourth-order valence-corrected chi connectivity index (χ4v) is 1.72. The van der Waals surface area contributed by atoms with E-state index in [0.717, 1.165) is 11.3 Å². The fourth-order valence-electron chi connectivity index (χ4n) is 1.72. The number of nitrogens with one attached hydrogen (secondary N) is 2. The number of anilines is 2. The van der Waals surface area contributed by atoms with Gasteiger partial charge < -0.3 is 10.6 Å². The standard InChI is InChI=1S/C15H18N4O/c1-10(2)18-15(20)13-8-17-14(9-16-13)19-12-6-4-5-11(3)7-12/h4-10H,1-3H3,(H,17,19)(H,18,20). The van der Waals surface area contributed by atoms with Crippen molar-refractivity contribution in [2.24, 2.45) is 0 Å². The van der Waals surface area contributed by atoms with Crippen molar-refractivity contribution < 1.29 is 4.79 Å². The molecule has 5 nitrogen and oxygen atoms in total. The van der Waals surface area contributed by atoms with Crippen LogP contribution < -0.4 is 10.6 Å². The van der Waals surface area contributed by atoms with Crippen LogP contribution >= 0.6 is 0 Å². The van der Waals surface area contributed by atoms with Crippen LogP contribution in [0.5, 0.6) is 0 Å². The Balaban J connectivity index is 2.07. The molecule has 0 unspecified atom stereocenters. The molecule has 2 rings (SSSR count). The van der Waals surface area contributed by atoms with Gasteiger partial charge in [-0.1, -0.05) is 12.1 Å². The molecule has 5 heteroatoms. The quantitative estimate of drug-likeness (QED) is 0.896. The minimum absolute atomic E-state index is 0.0781. The maximum absolute atomic E-state index is 11.7. The molecular weight excluding hydrogens is 252 g/mol. The number of hydrogen-bond donors (Lipinski definition) is 2. The van der Waals surface area contributed by atoms with Crippen molar-refractivity contribution >= 4 is 17.4 Å². The van der Waals surface area contributed by atoms with Gasteiger partial charge in [-0.2, -0.15) is 0 Å². The lowest BCUT2D eigenvalue weighted by atomic mass is 10.2. The van der Waals surface area contributed by atoms with Crippen LogP contribution in [0.15, 0.2) is 36.7 Å². The van der Waals surface area contributed by atoms with E-state index in [1.807, 2.05) is 45.0 Å². The van der Waals surface area contributed by atoms with E-state index in [1.165, 1.54) is 6.20 Å². The Morgan fingerprint density at radius 3 is 2.60 bits per heavy atom. The number of rotatable bonds is 4. The molecular formula is C15H18N4O. The van der Waals surface area contributed by atoms with E-state index in [2.05, 4.69) is 20.6 Å². The molecule has 1 amide bonds. The minimum atomic E-state index is -0.213. The molecule has 0 spiro atoms. The van der Waals surface area contributed by atoms with Crippen LogP contribution in [0.1, 0.15) is 29.9 Å². The normalized spacial score (nSPS) is 10.4. The zero-order valence-electron chi connectivity index (χ0n) is 11.8. The monoisotopic (exact) mass is 270 g/mol. The number of amides is 1. The zero-order valence-corrected chi connectivity index (χ0v) is 11.8. The summed E-state index contributed by atoms with van der Waals surface area (Å²) in [5.41, 5.74) is 2.42. The second-order valence-corrected chi connectivity index (χ2v) is 4.91. The van der Waals surface area contributed by atoms with Gasteiger partial charge in [0.05, 0.1) is 12.4 Å². The summed E-state index contributed by atoms with van der Waals surface area (Å²) in [5, 5.41) is 5.92. The molecule has 1 aromatic carbocycles. The molecule has 0 aliphatic rings. The molecule has 0 atom stereocenters. The van der Waals surface area contributed by atoms with Crippen LogP contribution in [0.4, 0.5) is 11.5 Å². The van der Waals surface area contributed by atoms with Gasteiger partial charge in [-0.3, -0.25) is 4.79 Å². The average Bonchev–Trinajstić information content (AvgIpc) is 2.38. The lowest BCUT2D eigenvalue weighted by Gasteiger charge is -2.08. The van der Waals surface area contributed by atoms with Gasteiger partial charge in [0, 0.05) is 11.7 Å². The largest absolute Gasteiger partial charge is 0.348 e. The minimum Gasteiger partial charge on any atom is -0.348 e. The molecule has 0 bridgehead atoms. The molecule has 0 saturated carbocycles. The molecule has 0 fully saturated rings. The Bertz CT molecular complexity index is 593. The van der Waals surface area contributed by atoms with Crippen molar-refractivity contribution in [3.8, 4) is 0 Å². The topological polar surface area (TPSA) is 66.9 Å². The first kappa shape index (κ1) is 14.0. The SMILES string of the molecule is Cc1cccc(Nc2cnc(C(=O)NC(C)C)cn2)c1. The van der Waals surface area contributed by atoms with Crippen LogP contribution in [0, 0.1) is 6.92 Å². The fraction of sp³-hybridized carbons (Fsp3) is 0.267. The Kier molecular flexibility index (Phi) is 4.30. The highest BCUT2D eigenvalue weighted by Crippen LogP contribution is 2.14. The molecule has 1 heterocycles. The Morgan fingerprint density at radius 1 is 1.20 bits per heavy atom. The summed E-state index contributed by atoms with van der Waals surface area (Å²) in [7, 11) is 0. The van der Waals surface area contributed by atoms with E-state index >= 15 is 0 Å². The van der Waals surface area contributed by atoms with Crippen LogP contribution in [-0.4, -0.2) is 21.9 Å². The number of aromatic nitrogens is 2. The maximum atomic E-state index is 11.7. The summed E-state index contributed by atoms with van der Waals surface area (Å²) in [5.74, 6) is 0.395. The van der Waals surface area contributed by atoms with E-state index in [4.69, 9.17) is 0 Å². The van der Waals surface area contributed by atoms with Gasteiger partial charge in [0.2, 0.25) is 0 Å². The van der Waals surface area contributed by atoms with Crippen molar-refractivity contribution in [3.63, 3.8) is 0 Å². The van der Waals surface area contributed by atoms with Gasteiger partial charge >= 0.3 is 0 Å². The predicted molar refractivity (Wildman–Crippen MR) is 79.1 cm³/mol. The van der Waals surface area contributed by atoms with Crippen molar-refractivity contribution in [2.75, 3.05) is 5.32 Å². The lowest BCUT2D eigenvalue weighted by molar-refractivity contribution is 0.0937. The highest BCUT2D eigenvalue weighted by molar-refractivity contribution is 5.92. The van der Waals surface area contributed by atoms with Crippen LogP contribution in [0.2, 0.25) is 0 Å². The molecule has 104 valence electrons. The van der Waals surface area contributed by atoms with E-state index in [9.17, 15) is 4.79 Å². The van der Waals surface area contributed by atoms with Gasteiger partial charge in [0.25, 0.3) is 5.91 Å². The molecule has 2 N–H and O–H groups in total. The van der Waals surface area contributed by atoms with E-state index in [0.29, 0.717) is 11.5 Å². The van der Waals surface area contributed by atoms with E-state index in [-0.39, 0.29) is 11.9 Å². The third-order valence-electron chi connectivity index (χ3n) is 2.59. The van der Waals surface area contributed by atoms with Crippen LogP contribution in [0.3, 0.4) is 0 Å². The highest BCUT2D eigenvalue weighted by atomic mass is 16.1. The average molecular weight is 270 g/mol. The lowest BCUT2D eigenvalue weighted by Crippen LogP contribution is -2.30. The number of hydrogen-bond acceptors (Lipinski definition) is 4. The molecule has 20 heavy (non-hydrogen) atoms. The van der Waals surface area contributed by atoms with E-state index < -0.39 is 0 Å². The summed E-state index contributed by atoms with van der Waals surface area (Å²) >= 11 is 0. The number of aryl methyl sites for hydroxylation is 1. The van der Waals surface area contributed by atoms with Crippen molar-refractivity contribution in [1.29, 1.82) is 0 Å². The third-order valence-corrected chi connectivity index (χ3v) is 2.59. The first-order valence-corrected chi connectivity index (χ1v) is 6.51. The smallest absolute Gasteiger partial charge is 0.271 e. The third kappa shape index (κ3) is 3.78. The second kappa shape index (κ2) is 6.14. The number of carbonyl (C=O) groups excluding carboxylic acids is 1. The first-order chi connectivity index (χ1) is 9.54. The predicted octanol–water partition coefficient (Wildman–Crippen LogP) is 2.67. The summed E-state index contributed by atoms with van der Waals surface area (Å²) in [6.45, 7) is 5.83.